The van der Waals surface area contributed by atoms with Gasteiger partial charge in [0.2, 0.25) is 0 Å². The van der Waals surface area contributed by atoms with Gasteiger partial charge in [-0.25, -0.2) is 0 Å². The fraction of sp³-hybridized carbons (Fsp3) is 0.533. The molecule has 0 unspecified atom stereocenters. The van der Waals surface area contributed by atoms with Crippen molar-refractivity contribution in [2.75, 3.05) is 18.8 Å². The smallest absolute Gasteiger partial charge is 0.253 e. The third-order valence-electron chi connectivity index (χ3n) is 3.44. The maximum absolute atomic E-state index is 12.4. The molecule has 100 valence electrons. The first kappa shape index (κ1) is 14.6. The Morgan fingerprint density at radius 3 is 2.44 bits per heavy atom. The van der Waals surface area contributed by atoms with Crippen molar-refractivity contribution in [2.45, 2.75) is 33.6 Å². The van der Waals surface area contributed by atoms with Crippen molar-refractivity contribution in [3.63, 3.8) is 0 Å². The Morgan fingerprint density at radius 1 is 1.28 bits per heavy atom. The van der Waals surface area contributed by atoms with Crippen LogP contribution in [-0.4, -0.2) is 23.9 Å². The number of anilines is 1. The van der Waals surface area contributed by atoms with Crippen LogP contribution < -0.4 is 5.73 Å². The Kier molecular flexibility index (Phi) is 5.69. The highest BCUT2D eigenvalue weighted by Crippen LogP contribution is 2.14. The largest absolute Gasteiger partial charge is 0.399 e. The van der Waals surface area contributed by atoms with Crippen LogP contribution in [0.15, 0.2) is 24.3 Å². The number of hydrogen-bond donors (Lipinski definition) is 1. The highest BCUT2D eigenvalue weighted by atomic mass is 16.2. The summed E-state index contributed by atoms with van der Waals surface area (Å²) in [5.41, 5.74) is 7.04. The predicted molar refractivity (Wildman–Crippen MR) is 76.5 cm³/mol. The first-order chi connectivity index (χ1) is 8.62. The topological polar surface area (TPSA) is 46.3 Å². The van der Waals surface area contributed by atoms with Crippen molar-refractivity contribution in [3.8, 4) is 0 Å². The second-order valence-corrected chi connectivity index (χ2v) is 4.65. The van der Waals surface area contributed by atoms with E-state index in [1.807, 2.05) is 24.0 Å². The molecule has 0 atom stereocenters. The van der Waals surface area contributed by atoms with Gasteiger partial charge in [0, 0.05) is 24.3 Å². The van der Waals surface area contributed by atoms with Crippen LogP contribution >= 0.6 is 0 Å². The van der Waals surface area contributed by atoms with Gasteiger partial charge in [0.15, 0.2) is 0 Å². The van der Waals surface area contributed by atoms with Crippen LogP contribution in [0, 0.1) is 5.92 Å². The SMILES string of the molecule is CCC(CC)CN(CC)C(=O)c1cccc(N)c1. The minimum absolute atomic E-state index is 0.0803. The molecule has 0 bridgehead atoms. The summed E-state index contributed by atoms with van der Waals surface area (Å²) in [7, 11) is 0. The lowest BCUT2D eigenvalue weighted by Gasteiger charge is -2.25. The molecule has 0 saturated heterocycles. The van der Waals surface area contributed by atoms with Crippen molar-refractivity contribution in [1.29, 1.82) is 0 Å². The molecule has 0 aliphatic rings. The van der Waals surface area contributed by atoms with Crippen LogP contribution in [0.5, 0.6) is 0 Å². The van der Waals surface area contributed by atoms with Crippen molar-refractivity contribution >= 4 is 11.6 Å². The maximum atomic E-state index is 12.4. The van der Waals surface area contributed by atoms with E-state index in [4.69, 9.17) is 5.73 Å². The average Bonchev–Trinajstić information content (AvgIpc) is 2.39. The van der Waals surface area contributed by atoms with Crippen LogP contribution in [0.3, 0.4) is 0 Å². The highest BCUT2D eigenvalue weighted by molar-refractivity contribution is 5.95. The number of rotatable bonds is 6. The van der Waals surface area contributed by atoms with Crippen LogP contribution in [0.1, 0.15) is 44.0 Å². The second kappa shape index (κ2) is 7.04. The van der Waals surface area contributed by atoms with Gasteiger partial charge in [-0.15, -0.1) is 0 Å². The summed E-state index contributed by atoms with van der Waals surface area (Å²) in [6.07, 6.45) is 2.22. The molecule has 1 rings (SSSR count). The number of carbonyl (C=O) groups is 1. The van der Waals surface area contributed by atoms with Gasteiger partial charge in [-0.3, -0.25) is 4.79 Å². The third kappa shape index (κ3) is 3.76. The molecule has 0 saturated carbocycles. The molecule has 3 nitrogen and oxygen atoms in total. The third-order valence-corrected chi connectivity index (χ3v) is 3.44. The molecule has 0 radical (unpaired) electrons. The van der Waals surface area contributed by atoms with Crippen molar-refractivity contribution in [3.05, 3.63) is 29.8 Å². The Bertz CT molecular complexity index is 386. The number of amides is 1. The summed E-state index contributed by atoms with van der Waals surface area (Å²) in [5, 5.41) is 0. The van der Waals surface area contributed by atoms with E-state index in [9.17, 15) is 4.79 Å². The summed E-state index contributed by atoms with van der Waals surface area (Å²) >= 11 is 0. The van der Waals surface area contributed by atoms with Gasteiger partial charge in [0.05, 0.1) is 0 Å². The molecule has 0 aromatic heterocycles. The molecule has 1 aromatic carbocycles. The van der Waals surface area contributed by atoms with Gasteiger partial charge in [0.25, 0.3) is 5.91 Å². The summed E-state index contributed by atoms with van der Waals surface area (Å²) in [4.78, 5) is 14.3. The first-order valence-electron chi connectivity index (χ1n) is 6.77. The highest BCUT2D eigenvalue weighted by Gasteiger charge is 2.17. The quantitative estimate of drug-likeness (QED) is 0.786. The molecule has 2 N–H and O–H groups in total. The Hall–Kier alpha value is -1.51. The van der Waals surface area contributed by atoms with E-state index in [2.05, 4.69) is 13.8 Å². The Labute approximate surface area is 110 Å². The standard InChI is InChI=1S/C15H24N2O/c1-4-12(5-2)11-17(6-3)15(18)13-8-7-9-14(16)10-13/h7-10,12H,4-6,11,16H2,1-3H3. The molecule has 0 aliphatic heterocycles. The van der Waals surface area contributed by atoms with Gasteiger partial charge >= 0.3 is 0 Å². The summed E-state index contributed by atoms with van der Waals surface area (Å²) in [6, 6.07) is 7.20. The van der Waals surface area contributed by atoms with Gasteiger partial charge in [-0.2, -0.15) is 0 Å². The lowest BCUT2D eigenvalue weighted by molar-refractivity contribution is 0.0735. The van der Waals surface area contributed by atoms with Crippen LogP contribution in [-0.2, 0) is 0 Å². The molecule has 0 fully saturated rings. The average molecular weight is 248 g/mol. The number of hydrogen-bond acceptors (Lipinski definition) is 2. The second-order valence-electron chi connectivity index (χ2n) is 4.65. The van der Waals surface area contributed by atoms with E-state index in [1.165, 1.54) is 0 Å². The Balaban J connectivity index is 2.79. The number of nitrogens with zero attached hydrogens (tertiary/aromatic N) is 1. The minimum atomic E-state index is 0.0803. The molecule has 0 heterocycles. The molecule has 1 aromatic rings. The lowest BCUT2D eigenvalue weighted by Crippen LogP contribution is -2.35. The van der Waals surface area contributed by atoms with E-state index >= 15 is 0 Å². The number of benzene rings is 1. The normalized spacial score (nSPS) is 10.7. The van der Waals surface area contributed by atoms with E-state index in [0.717, 1.165) is 25.9 Å². The van der Waals surface area contributed by atoms with Gasteiger partial charge < -0.3 is 10.6 Å². The van der Waals surface area contributed by atoms with Crippen molar-refractivity contribution in [1.82, 2.24) is 4.90 Å². The zero-order chi connectivity index (χ0) is 13.5. The van der Waals surface area contributed by atoms with E-state index < -0.39 is 0 Å². The van der Waals surface area contributed by atoms with Gasteiger partial charge in [-0.05, 0) is 31.0 Å². The predicted octanol–water partition coefficient (Wildman–Crippen LogP) is 3.17. The summed E-state index contributed by atoms with van der Waals surface area (Å²) < 4.78 is 0. The van der Waals surface area contributed by atoms with Crippen LogP contribution in [0.25, 0.3) is 0 Å². The first-order valence-corrected chi connectivity index (χ1v) is 6.77. The molecule has 18 heavy (non-hydrogen) atoms. The number of carbonyl (C=O) groups excluding carboxylic acids is 1. The minimum Gasteiger partial charge on any atom is -0.399 e. The van der Waals surface area contributed by atoms with E-state index in [0.29, 0.717) is 17.2 Å². The van der Waals surface area contributed by atoms with E-state index in [1.54, 1.807) is 12.1 Å². The van der Waals surface area contributed by atoms with Crippen LogP contribution in [0.2, 0.25) is 0 Å². The van der Waals surface area contributed by atoms with Gasteiger partial charge in [-0.1, -0.05) is 32.8 Å². The monoisotopic (exact) mass is 248 g/mol. The molecule has 0 aliphatic carbocycles. The molecular weight excluding hydrogens is 224 g/mol. The van der Waals surface area contributed by atoms with Crippen LogP contribution in [0.4, 0.5) is 5.69 Å². The maximum Gasteiger partial charge on any atom is 0.253 e. The summed E-state index contributed by atoms with van der Waals surface area (Å²) in [5.74, 6) is 0.659. The molecular formula is C15H24N2O. The number of nitrogens with two attached hydrogens (primary N) is 1. The number of nitrogen functional groups attached to an aromatic ring is 1. The Morgan fingerprint density at radius 2 is 1.94 bits per heavy atom. The van der Waals surface area contributed by atoms with Gasteiger partial charge in [0.1, 0.15) is 0 Å². The summed E-state index contributed by atoms with van der Waals surface area (Å²) in [6.45, 7) is 7.94. The fourth-order valence-corrected chi connectivity index (χ4v) is 2.07. The molecule has 0 spiro atoms. The van der Waals surface area contributed by atoms with Crippen molar-refractivity contribution < 1.29 is 4.79 Å². The fourth-order valence-electron chi connectivity index (χ4n) is 2.07. The molecule has 3 heteroatoms. The zero-order valence-electron chi connectivity index (χ0n) is 11.6. The molecule has 1 amide bonds. The van der Waals surface area contributed by atoms with Crippen molar-refractivity contribution in [2.24, 2.45) is 5.92 Å². The lowest BCUT2D eigenvalue weighted by atomic mass is 10.0. The van der Waals surface area contributed by atoms with E-state index in [-0.39, 0.29) is 5.91 Å². The zero-order valence-corrected chi connectivity index (χ0v) is 11.6.